The van der Waals surface area contributed by atoms with Gasteiger partial charge in [0.05, 0.1) is 34.1 Å². The molecule has 0 saturated heterocycles. The van der Waals surface area contributed by atoms with Crippen molar-refractivity contribution in [2.45, 2.75) is 0 Å². The highest BCUT2D eigenvalue weighted by atomic mass is 16.5. The zero-order chi connectivity index (χ0) is 50.4. The molecule has 2 aliphatic heterocycles. The van der Waals surface area contributed by atoms with E-state index in [4.69, 9.17) is 39.4 Å². The van der Waals surface area contributed by atoms with Crippen molar-refractivity contribution in [3.05, 3.63) is 231 Å². The summed E-state index contributed by atoms with van der Waals surface area (Å²) in [6.07, 6.45) is 10.4. The molecule has 14 heteroatoms. The number of hydrogen-bond acceptors (Lipinski definition) is 14. The lowest BCUT2D eigenvalue weighted by atomic mass is 9.94. The molecule has 0 amide bonds. The molecule has 358 valence electrons. The lowest BCUT2D eigenvalue weighted by Crippen LogP contribution is -2.18. The minimum absolute atomic E-state index is 0.427. The Balaban J connectivity index is 1.05. The van der Waals surface area contributed by atoms with Gasteiger partial charge >= 0.3 is 0 Å². The summed E-state index contributed by atoms with van der Waals surface area (Å²) in [6, 6.07) is 63.9. The highest BCUT2D eigenvalue weighted by Gasteiger charge is 2.32. The molecule has 14 nitrogen and oxygen atoms in total. The van der Waals surface area contributed by atoms with Crippen LogP contribution in [0.3, 0.4) is 0 Å². The Hall–Kier alpha value is -10.9. The summed E-state index contributed by atoms with van der Waals surface area (Å²) in [6.45, 7) is 0. The summed E-state index contributed by atoms with van der Waals surface area (Å²) in [5, 5.41) is 0. The molecule has 0 bridgehead atoms. The molecule has 0 atom stereocenters. The molecule has 0 saturated carbocycles. The lowest BCUT2D eigenvalue weighted by molar-refractivity contribution is 0.476. The monoisotopic (exact) mass is 982 g/mol. The van der Waals surface area contributed by atoms with Crippen molar-refractivity contribution in [2.75, 3.05) is 9.80 Å². The normalized spacial score (nSPS) is 12.1. The second kappa shape index (κ2) is 18.6. The summed E-state index contributed by atoms with van der Waals surface area (Å²) < 4.78 is 13.3. The van der Waals surface area contributed by atoms with Gasteiger partial charge in [-0.3, -0.25) is 19.9 Å². The van der Waals surface area contributed by atoms with Crippen molar-refractivity contribution in [3.8, 4) is 103 Å². The molecular weight excluding hydrogens is 945 g/mol. The number of fused-ring (bicyclic) bond motifs is 4. The van der Waals surface area contributed by atoms with E-state index in [1.165, 1.54) is 0 Å². The van der Waals surface area contributed by atoms with E-state index in [2.05, 4.69) is 90.4 Å². The fourth-order valence-corrected chi connectivity index (χ4v) is 9.57. The van der Waals surface area contributed by atoms with Crippen LogP contribution in [-0.4, -0.2) is 49.8 Å². The van der Waals surface area contributed by atoms with Gasteiger partial charge in [-0.05, 0) is 109 Å². The second-order valence-corrected chi connectivity index (χ2v) is 17.7. The first-order valence-corrected chi connectivity index (χ1v) is 24.4. The molecule has 0 spiro atoms. The molecule has 76 heavy (non-hydrogen) atoms. The number of nitrogens with zero attached hydrogens (tertiary/aromatic N) is 12. The Labute approximate surface area is 435 Å². The number of ether oxygens (including phenoxy) is 2. The Kier molecular flexibility index (Phi) is 10.8. The van der Waals surface area contributed by atoms with E-state index in [0.717, 1.165) is 67.5 Å². The van der Waals surface area contributed by atoms with Gasteiger partial charge in [0.1, 0.15) is 11.4 Å². The number of rotatable bonds is 9. The van der Waals surface area contributed by atoms with Crippen molar-refractivity contribution in [2.24, 2.45) is 0 Å². The van der Waals surface area contributed by atoms with Crippen molar-refractivity contribution >= 4 is 34.1 Å². The van der Waals surface area contributed by atoms with Gasteiger partial charge in [0.2, 0.25) is 0 Å². The number of para-hydroxylation sites is 8. The highest BCUT2D eigenvalue weighted by molar-refractivity contribution is 6.01. The zero-order valence-corrected chi connectivity index (χ0v) is 40.1. The maximum atomic E-state index is 6.63. The van der Waals surface area contributed by atoms with Gasteiger partial charge in [-0.15, -0.1) is 0 Å². The zero-order valence-electron chi connectivity index (χ0n) is 40.1. The third kappa shape index (κ3) is 7.95. The lowest BCUT2D eigenvalue weighted by Gasteiger charge is -2.36. The minimum atomic E-state index is 0.427. The smallest absolute Gasteiger partial charge is 0.182 e. The Morgan fingerprint density at radius 1 is 0.276 bits per heavy atom. The predicted molar refractivity (Wildman–Crippen MR) is 292 cm³/mol. The standard InChI is InChI=1S/C62H38N12O2/c1-5-23-53-47(19-1)73(48-20-2-6-24-54(48)75-53)51-35-39(57-67-59(41-15-13-31-63-37-41)71-61(69-57)45-17-9-11-33-65-45)27-29-43(51)44-30-28-40(36-52(44)74-49-21-3-7-25-55(49)76-56-26-8-4-22-50(56)74)58-68-60(42-16-14-32-64-38-42)72-62(70-58)46-18-10-12-34-66-46/h1-38H. The first-order chi connectivity index (χ1) is 37.7. The van der Waals surface area contributed by atoms with Crippen molar-refractivity contribution in [1.82, 2.24) is 49.8 Å². The average Bonchev–Trinajstić information content (AvgIpc) is 3.58. The maximum absolute atomic E-state index is 6.63. The maximum Gasteiger partial charge on any atom is 0.182 e. The molecule has 2 aliphatic rings. The predicted octanol–water partition coefficient (Wildman–Crippen LogP) is 14.5. The molecule has 14 rings (SSSR count). The second-order valence-electron chi connectivity index (χ2n) is 17.7. The van der Waals surface area contributed by atoms with Crippen LogP contribution >= 0.6 is 0 Å². The molecule has 6 aromatic carbocycles. The van der Waals surface area contributed by atoms with E-state index < -0.39 is 0 Å². The molecule has 6 aromatic heterocycles. The quantitative estimate of drug-likeness (QED) is 0.135. The molecule has 0 radical (unpaired) electrons. The average molecular weight is 983 g/mol. The van der Waals surface area contributed by atoms with Crippen LogP contribution in [0.2, 0.25) is 0 Å². The molecular formula is C62H38N12O2. The van der Waals surface area contributed by atoms with Crippen LogP contribution in [0.25, 0.3) is 79.7 Å². The first-order valence-electron chi connectivity index (χ1n) is 24.4. The van der Waals surface area contributed by atoms with Crippen LogP contribution < -0.4 is 19.3 Å². The van der Waals surface area contributed by atoms with E-state index in [1.54, 1.807) is 37.2 Å². The first kappa shape index (κ1) is 43.9. The summed E-state index contributed by atoms with van der Waals surface area (Å²) in [5.74, 6) is 5.47. The molecule has 0 fully saturated rings. The molecule has 0 N–H and O–H groups in total. The van der Waals surface area contributed by atoms with Crippen molar-refractivity contribution < 1.29 is 9.47 Å². The third-order valence-corrected chi connectivity index (χ3v) is 13.0. The van der Waals surface area contributed by atoms with E-state index in [9.17, 15) is 0 Å². The number of benzene rings is 6. The number of hydrogen-bond donors (Lipinski definition) is 0. The summed E-state index contributed by atoms with van der Waals surface area (Å²) >= 11 is 0. The molecule has 0 unspecified atom stereocenters. The van der Waals surface area contributed by atoms with Crippen LogP contribution in [0, 0.1) is 0 Å². The van der Waals surface area contributed by atoms with E-state index in [1.807, 2.05) is 133 Å². The van der Waals surface area contributed by atoms with Gasteiger partial charge in [-0.25, -0.2) is 29.9 Å². The summed E-state index contributed by atoms with van der Waals surface area (Å²) in [4.78, 5) is 53.0. The third-order valence-electron chi connectivity index (χ3n) is 13.0. The van der Waals surface area contributed by atoms with Crippen molar-refractivity contribution in [1.29, 1.82) is 0 Å². The topological polar surface area (TPSA) is 154 Å². The Morgan fingerprint density at radius 3 is 0.987 bits per heavy atom. The van der Waals surface area contributed by atoms with Crippen LogP contribution in [0.1, 0.15) is 0 Å². The largest absolute Gasteiger partial charge is 0.453 e. The van der Waals surface area contributed by atoms with Crippen LogP contribution in [0.5, 0.6) is 23.0 Å². The number of anilines is 6. The van der Waals surface area contributed by atoms with Gasteiger partial charge in [0, 0.05) is 70.6 Å². The molecule has 12 aromatic rings. The SMILES string of the molecule is c1ccc(-c2nc(-c3cccnc3)nc(-c3ccc(-c4ccc(-c5nc(-c6cccnc6)nc(-c6ccccn6)n5)cc4N4c5ccccc5Oc5ccccc54)c(N4c5ccccc5Oc5ccccc54)c3)n2)nc1. The van der Waals surface area contributed by atoms with Gasteiger partial charge in [0.15, 0.2) is 57.9 Å². The fraction of sp³-hybridized carbons (Fsp3) is 0. The Bertz CT molecular complexity index is 3680. The van der Waals surface area contributed by atoms with Gasteiger partial charge in [-0.2, -0.15) is 0 Å². The van der Waals surface area contributed by atoms with Gasteiger partial charge < -0.3 is 19.3 Å². The van der Waals surface area contributed by atoms with E-state index in [-0.39, 0.29) is 0 Å². The van der Waals surface area contributed by atoms with E-state index in [0.29, 0.717) is 69.3 Å². The van der Waals surface area contributed by atoms with Crippen LogP contribution in [0.4, 0.5) is 34.1 Å². The minimum Gasteiger partial charge on any atom is -0.453 e. The molecule has 8 heterocycles. The van der Waals surface area contributed by atoms with Crippen LogP contribution in [-0.2, 0) is 0 Å². The van der Waals surface area contributed by atoms with Gasteiger partial charge in [0.25, 0.3) is 0 Å². The number of aromatic nitrogens is 10. The highest BCUT2D eigenvalue weighted by Crippen LogP contribution is 2.57. The van der Waals surface area contributed by atoms with Gasteiger partial charge in [-0.1, -0.05) is 84.9 Å². The van der Waals surface area contributed by atoms with Crippen molar-refractivity contribution in [3.63, 3.8) is 0 Å². The summed E-state index contributed by atoms with van der Waals surface area (Å²) in [7, 11) is 0. The molecule has 0 aliphatic carbocycles. The fourth-order valence-electron chi connectivity index (χ4n) is 9.57. The Morgan fingerprint density at radius 2 is 0.632 bits per heavy atom. The summed E-state index contributed by atoms with van der Waals surface area (Å²) in [5.41, 5.74) is 11.0. The van der Waals surface area contributed by atoms with E-state index >= 15 is 0 Å². The number of pyridine rings is 4. The van der Waals surface area contributed by atoms with Crippen LogP contribution in [0.15, 0.2) is 231 Å².